The highest BCUT2D eigenvalue weighted by molar-refractivity contribution is 9.10. The Kier molecular flexibility index (Phi) is 4.07. The van der Waals surface area contributed by atoms with E-state index in [-0.39, 0.29) is 5.56 Å². The van der Waals surface area contributed by atoms with Gasteiger partial charge in [0.15, 0.2) is 0 Å². The predicted octanol–water partition coefficient (Wildman–Crippen LogP) is 4.08. The van der Waals surface area contributed by atoms with E-state index in [1.54, 1.807) is 18.2 Å². The first kappa shape index (κ1) is 13.8. The lowest BCUT2D eigenvalue weighted by molar-refractivity contribution is 0.102. The maximum absolute atomic E-state index is 13.5. The van der Waals surface area contributed by atoms with E-state index >= 15 is 0 Å². The molecular formula is C13H9BrClFN2O. The summed E-state index contributed by atoms with van der Waals surface area (Å²) in [5.74, 6) is -1.20. The van der Waals surface area contributed by atoms with Gasteiger partial charge in [-0.25, -0.2) is 4.39 Å². The Labute approximate surface area is 122 Å². The molecule has 0 fully saturated rings. The number of nitrogen functional groups attached to an aromatic ring is 1. The van der Waals surface area contributed by atoms with Crippen molar-refractivity contribution in [3.8, 4) is 0 Å². The Bertz CT molecular complexity index is 649. The number of carbonyl (C=O) groups excluding carboxylic acids is 1. The number of benzene rings is 2. The van der Waals surface area contributed by atoms with Crippen LogP contribution in [0.25, 0.3) is 0 Å². The van der Waals surface area contributed by atoms with Gasteiger partial charge in [0.05, 0.1) is 11.3 Å². The zero-order valence-electron chi connectivity index (χ0n) is 9.58. The summed E-state index contributed by atoms with van der Waals surface area (Å²) in [4.78, 5) is 12.0. The summed E-state index contributed by atoms with van der Waals surface area (Å²) >= 11 is 9.06. The Morgan fingerprint density at radius 2 is 2.00 bits per heavy atom. The molecule has 0 aliphatic carbocycles. The van der Waals surface area contributed by atoms with Gasteiger partial charge in [-0.3, -0.25) is 4.79 Å². The number of nitrogens with two attached hydrogens (primary N) is 1. The third kappa shape index (κ3) is 3.24. The lowest BCUT2D eigenvalue weighted by Gasteiger charge is -2.09. The van der Waals surface area contributed by atoms with Gasteiger partial charge in [0.2, 0.25) is 0 Å². The van der Waals surface area contributed by atoms with Crippen molar-refractivity contribution in [3.05, 3.63) is 57.3 Å². The fourth-order valence-corrected chi connectivity index (χ4v) is 2.28. The van der Waals surface area contributed by atoms with E-state index in [0.717, 1.165) is 6.07 Å². The number of carbonyl (C=O) groups is 1. The zero-order chi connectivity index (χ0) is 14.0. The minimum Gasteiger partial charge on any atom is -0.399 e. The van der Waals surface area contributed by atoms with E-state index in [9.17, 15) is 9.18 Å². The van der Waals surface area contributed by atoms with Crippen molar-refractivity contribution >= 4 is 44.8 Å². The molecule has 0 unspecified atom stereocenters. The third-order valence-electron chi connectivity index (χ3n) is 2.41. The molecule has 0 bridgehead atoms. The molecule has 0 spiro atoms. The van der Waals surface area contributed by atoms with E-state index in [0.29, 0.717) is 20.9 Å². The van der Waals surface area contributed by atoms with Crippen LogP contribution in [-0.2, 0) is 0 Å². The monoisotopic (exact) mass is 342 g/mol. The Morgan fingerprint density at radius 1 is 1.26 bits per heavy atom. The molecule has 2 aromatic rings. The smallest absolute Gasteiger partial charge is 0.258 e. The van der Waals surface area contributed by atoms with Crippen LogP contribution in [0, 0.1) is 5.82 Å². The molecule has 2 rings (SSSR count). The number of amides is 1. The molecule has 19 heavy (non-hydrogen) atoms. The first-order chi connectivity index (χ1) is 8.97. The Hall–Kier alpha value is -1.59. The van der Waals surface area contributed by atoms with Crippen LogP contribution in [0.3, 0.4) is 0 Å². The van der Waals surface area contributed by atoms with Crippen molar-refractivity contribution in [3.63, 3.8) is 0 Å². The molecule has 98 valence electrons. The summed E-state index contributed by atoms with van der Waals surface area (Å²) in [6, 6.07) is 8.71. The van der Waals surface area contributed by atoms with Gasteiger partial charge < -0.3 is 11.1 Å². The normalized spacial score (nSPS) is 10.3. The van der Waals surface area contributed by atoms with E-state index < -0.39 is 11.7 Å². The summed E-state index contributed by atoms with van der Waals surface area (Å²) in [7, 11) is 0. The van der Waals surface area contributed by atoms with Gasteiger partial charge in [0.25, 0.3) is 5.91 Å². The van der Waals surface area contributed by atoms with Gasteiger partial charge in [-0.05, 0) is 52.3 Å². The SMILES string of the molecule is Nc1ccc(F)c(C(=O)Nc2ccc(Cl)cc2Br)c1. The highest BCUT2D eigenvalue weighted by Gasteiger charge is 2.13. The van der Waals surface area contributed by atoms with Crippen molar-refractivity contribution in [2.24, 2.45) is 0 Å². The first-order valence-corrected chi connectivity index (χ1v) is 6.46. The second-order valence-corrected chi connectivity index (χ2v) is 5.11. The Morgan fingerprint density at radius 3 is 2.68 bits per heavy atom. The topological polar surface area (TPSA) is 55.1 Å². The number of nitrogens with one attached hydrogen (secondary N) is 1. The molecule has 0 saturated heterocycles. The van der Waals surface area contributed by atoms with Crippen LogP contribution in [0.2, 0.25) is 5.02 Å². The number of anilines is 2. The highest BCUT2D eigenvalue weighted by Crippen LogP contribution is 2.26. The minimum atomic E-state index is -0.628. The number of hydrogen-bond donors (Lipinski definition) is 2. The summed E-state index contributed by atoms with van der Waals surface area (Å²) in [6.45, 7) is 0. The molecule has 0 aromatic heterocycles. The molecule has 0 heterocycles. The molecule has 0 aliphatic rings. The number of halogens is 3. The van der Waals surface area contributed by atoms with E-state index in [1.165, 1.54) is 12.1 Å². The molecule has 0 atom stereocenters. The van der Waals surface area contributed by atoms with Crippen LogP contribution in [0.4, 0.5) is 15.8 Å². The van der Waals surface area contributed by atoms with Crippen LogP contribution >= 0.6 is 27.5 Å². The summed E-state index contributed by atoms with van der Waals surface area (Å²) in [6.07, 6.45) is 0. The van der Waals surface area contributed by atoms with Crippen molar-refractivity contribution in [2.75, 3.05) is 11.1 Å². The second kappa shape index (κ2) is 5.59. The maximum atomic E-state index is 13.5. The van der Waals surface area contributed by atoms with Crippen LogP contribution in [0.5, 0.6) is 0 Å². The number of hydrogen-bond acceptors (Lipinski definition) is 2. The van der Waals surface area contributed by atoms with Gasteiger partial charge in [0.1, 0.15) is 5.82 Å². The average Bonchev–Trinajstić information content (AvgIpc) is 2.35. The molecule has 0 aliphatic heterocycles. The lowest BCUT2D eigenvalue weighted by atomic mass is 10.1. The predicted molar refractivity (Wildman–Crippen MR) is 77.9 cm³/mol. The second-order valence-electron chi connectivity index (χ2n) is 3.82. The maximum Gasteiger partial charge on any atom is 0.258 e. The zero-order valence-corrected chi connectivity index (χ0v) is 11.9. The van der Waals surface area contributed by atoms with Crippen molar-refractivity contribution < 1.29 is 9.18 Å². The third-order valence-corrected chi connectivity index (χ3v) is 3.31. The van der Waals surface area contributed by atoms with Crippen LogP contribution in [-0.4, -0.2) is 5.91 Å². The molecule has 2 aromatic carbocycles. The average molecular weight is 344 g/mol. The summed E-state index contributed by atoms with van der Waals surface area (Å²) < 4.78 is 14.1. The van der Waals surface area contributed by atoms with E-state index in [2.05, 4.69) is 21.2 Å². The van der Waals surface area contributed by atoms with Crippen molar-refractivity contribution in [1.29, 1.82) is 0 Å². The van der Waals surface area contributed by atoms with Gasteiger partial charge in [-0.2, -0.15) is 0 Å². The van der Waals surface area contributed by atoms with Gasteiger partial charge in [0, 0.05) is 15.2 Å². The van der Waals surface area contributed by atoms with E-state index in [1.807, 2.05) is 0 Å². The molecular weight excluding hydrogens is 335 g/mol. The number of rotatable bonds is 2. The van der Waals surface area contributed by atoms with Gasteiger partial charge in [-0.1, -0.05) is 11.6 Å². The Balaban J connectivity index is 2.28. The molecule has 6 heteroatoms. The fraction of sp³-hybridized carbons (Fsp3) is 0. The largest absolute Gasteiger partial charge is 0.399 e. The lowest BCUT2D eigenvalue weighted by Crippen LogP contribution is -2.14. The quantitative estimate of drug-likeness (QED) is 0.807. The molecule has 0 radical (unpaired) electrons. The van der Waals surface area contributed by atoms with Gasteiger partial charge >= 0.3 is 0 Å². The minimum absolute atomic E-state index is 0.109. The van der Waals surface area contributed by atoms with Gasteiger partial charge in [-0.15, -0.1) is 0 Å². The standard InChI is InChI=1S/C13H9BrClFN2O/c14-10-5-7(15)1-4-12(10)18-13(19)9-6-8(17)2-3-11(9)16/h1-6H,17H2,(H,18,19). The van der Waals surface area contributed by atoms with Crippen molar-refractivity contribution in [1.82, 2.24) is 0 Å². The molecule has 0 saturated carbocycles. The first-order valence-electron chi connectivity index (χ1n) is 5.29. The fourth-order valence-electron chi connectivity index (χ4n) is 1.50. The molecule has 3 N–H and O–H groups in total. The van der Waals surface area contributed by atoms with Crippen molar-refractivity contribution in [2.45, 2.75) is 0 Å². The molecule has 3 nitrogen and oxygen atoms in total. The highest BCUT2D eigenvalue weighted by atomic mass is 79.9. The van der Waals surface area contributed by atoms with Crippen LogP contribution < -0.4 is 11.1 Å². The molecule has 1 amide bonds. The van der Waals surface area contributed by atoms with Crippen LogP contribution in [0.1, 0.15) is 10.4 Å². The van der Waals surface area contributed by atoms with Crippen LogP contribution in [0.15, 0.2) is 40.9 Å². The van der Waals surface area contributed by atoms with E-state index in [4.69, 9.17) is 17.3 Å². The summed E-state index contributed by atoms with van der Waals surface area (Å²) in [5, 5.41) is 3.11. The summed E-state index contributed by atoms with van der Waals surface area (Å²) in [5.41, 5.74) is 6.24.